The number of benzene rings is 1. The third kappa shape index (κ3) is 5.85. The third-order valence-corrected chi connectivity index (χ3v) is 4.65. The van der Waals surface area contributed by atoms with E-state index in [4.69, 9.17) is 0 Å². The van der Waals surface area contributed by atoms with E-state index < -0.39 is 0 Å². The maximum absolute atomic E-state index is 12.6. The molecule has 0 saturated carbocycles. The Kier molecular flexibility index (Phi) is 7.92. The van der Waals surface area contributed by atoms with Crippen LogP contribution in [0.25, 0.3) is 0 Å². The van der Waals surface area contributed by atoms with Gasteiger partial charge in [0, 0.05) is 45.8 Å². The van der Waals surface area contributed by atoms with Gasteiger partial charge in [0.1, 0.15) is 0 Å². The summed E-state index contributed by atoms with van der Waals surface area (Å²) in [4.78, 5) is 30.9. The van der Waals surface area contributed by atoms with Crippen molar-refractivity contribution in [3.8, 4) is 0 Å². The molecular formula is C20H31N3O2. The molecule has 1 heterocycles. The molecule has 0 unspecified atom stereocenters. The highest BCUT2D eigenvalue weighted by molar-refractivity contribution is 6.34. The molecule has 1 aliphatic heterocycles. The van der Waals surface area contributed by atoms with Gasteiger partial charge >= 0.3 is 11.8 Å². The van der Waals surface area contributed by atoms with Crippen molar-refractivity contribution >= 4 is 11.8 Å². The van der Waals surface area contributed by atoms with E-state index in [1.54, 1.807) is 9.80 Å². The van der Waals surface area contributed by atoms with Crippen LogP contribution in [-0.2, 0) is 16.1 Å². The third-order valence-electron chi connectivity index (χ3n) is 4.65. The molecule has 0 atom stereocenters. The standard InChI is InChI=1S/C20H31N3O2/c1-3-5-12-22(11-4-2)19(24)20(25)23-15-13-21(14-16-23)17-18-9-7-6-8-10-18/h6-10H,3-5,11-17H2,1-2H3. The minimum Gasteiger partial charge on any atom is -0.334 e. The van der Waals surface area contributed by atoms with Crippen LogP contribution in [0.2, 0.25) is 0 Å². The van der Waals surface area contributed by atoms with Crippen molar-refractivity contribution in [3.63, 3.8) is 0 Å². The molecule has 0 radical (unpaired) electrons. The predicted octanol–water partition coefficient (Wildman–Crippen LogP) is 2.37. The number of rotatable bonds is 7. The summed E-state index contributed by atoms with van der Waals surface area (Å²) in [6.45, 7) is 9.28. The minimum atomic E-state index is -0.330. The number of unbranched alkanes of at least 4 members (excludes halogenated alkanes) is 1. The molecule has 25 heavy (non-hydrogen) atoms. The molecular weight excluding hydrogens is 314 g/mol. The maximum atomic E-state index is 12.6. The topological polar surface area (TPSA) is 43.9 Å². The van der Waals surface area contributed by atoms with Crippen molar-refractivity contribution in [1.82, 2.24) is 14.7 Å². The summed E-state index contributed by atoms with van der Waals surface area (Å²) in [5.74, 6) is -0.657. The Bertz CT molecular complexity index is 539. The summed E-state index contributed by atoms with van der Waals surface area (Å²) in [7, 11) is 0. The van der Waals surface area contributed by atoms with E-state index in [1.165, 1.54) is 5.56 Å². The van der Waals surface area contributed by atoms with Crippen molar-refractivity contribution in [2.75, 3.05) is 39.3 Å². The van der Waals surface area contributed by atoms with Crippen LogP contribution in [0.15, 0.2) is 30.3 Å². The molecule has 1 fully saturated rings. The van der Waals surface area contributed by atoms with Crippen LogP contribution in [-0.4, -0.2) is 65.8 Å². The first kappa shape index (κ1) is 19.4. The SMILES string of the molecule is CCCCN(CCC)C(=O)C(=O)N1CCN(Cc2ccccc2)CC1. The van der Waals surface area contributed by atoms with E-state index >= 15 is 0 Å². The lowest BCUT2D eigenvalue weighted by atomic mass is 10.2. The summed E-state index contributed by atoms with van der Waals surface area (Å²) in [5, 5.41) is 0. The quantitative estimate of drug-likeness (QED) is 0.713. The molecule has 2 amide bonds. The monoisotopic (exact) mass is 345 g/mol. The van der Waals surface area contributed by atoms with Crippen LogP contribution in [0.4, 0.5) is 0 Å². The summed E-state index contributed by atoms with van der Waals surface area (Å²) in [6.07, 6.45) is 2.86. The van der Waals surface area contributed by atoms with E-state index in [1.807, 2.05) is 25.1 Å². The summed E-state index contributed by atoms with van der Waals surface area (Å²) in [5.41, 5.74) is 1.28. The number of carbonyl (C=O) groups is 2. The normalized spacial score (nSPS) is 15.2. The second-order valence-electron chi connectivity index (χ2n) is 6.70. The van der Waals surface area contributed by atoms with Gasteiger partial charge in [0.2, 0.25) is 0 Å². The molecule has 0 aliphatic carbocycles. The van der Waals surface area contributed by atoms with Crippen molar-refractivity contribution in [2.24, 2.45) is 0 Å². The Hall–Kier alpha value is -1.88. The maximum Gasteiger partial charge on any atom is 0.312 e. The first-order valence-corrected chi connectivity index (χ1v) is 9.50. The second kappa shape index (κ2) is 10.2. The van der Waals surface area contributed by atoms with E-state index in [9.17, 15) is 9.59 Å². The molecule has 0 spiro atoms. The molecule has 0 bridgehead atoms. The van der Waals surface area contributed by atoms with Crippen LogP contribution < -0.4 is 0 Å². The van der Waals surface area contributed by atoms with Crippen LogP contribution in [0, 0.1) is 0 Å². The number of hydrogen-bond donors (Lipinski definition) is 0. The zero-order valence-corrected chi connectivity index (χ0v) is 15.6. The van der Waals surface area contributed by atoms with Gasteiger partial charge in [0.15, 0.2) is 0 Å². The fourth-order valence-corrected chi connectivity index (χ4v) is 3.16. The van der Waals surface area contributed by atoms with Crippen LogP contribution in [0.1, 0.15) is 38.7 Å². The van der Waals surface area contributed by atoms with E-state index in [2.05, 4.69) is 24.0 Å². The highest BCUT2D eigenvalue weighted by atomic mass is 16.2. The molecule has 2 rings (SSSR count). The first-order valence-electron chi connectivity index (χ1n) is 9.50. The average Bonchev–Trinajstić information content (AvgIpc) is 2.65. The fourth-order valence-electron chi connectivity index (χ4n) is 3.16. The molecule has 1 aromatic carbocycles. The summed E-state index contributed by atoms with van der Waals surface area (Å²) in [6, 6.07) is 10.4. The molecule has 0 N–H and O–H groups in total. The molecule has 1 aliphatic rings. The van der Waals surface area contributed by atoms with Gasteiger partial charge in [-0.1, -0.05) is 50.6 Å². The van der Waals surface area contributed by atoms with Gasteiger partial charge in [-0.05, 0) is 18.4 Å². The molecule has 138 valence electrons. The lowest BCUT2D eigenvalue weighted by molar-refractivity contribution is -0.153. The first-order chi connectivity index (χ1) is 12.2. The van der Waals surface area contributed by atoms with Crippen LogP contribution in [0.3, 0.4) is 0 Å². The largest absolute Gasteiger partial charge is 0.334 e. The Morgan fingerprint density at radius 2 is 1.64 bits per heavy atom. The Balaban J connectivity index is 1.84. The van der Waals surface area contributed by atoms with Crippen molar-refractivity contribution in [2.45, 2.75) is 39.7 Å². The summed E-state index contributed by atoms with van der Waals surface area (Å²) >= 11 is 0. The van der Waals surface area contributed by atoms with Gasteiger partial charge in [0.05, 0.1) is 0 Å². The molecule has 1 aromatic rings. The lowest BCUT2D eigenvalue weighted by Crippen LogP contribution is -2.53. The minimum absolute atomic E-state index is 0.327. The number of piperazine rings is 1. The zero-order valence-electron chi connectivity index (χ0n) is 15.6. The molecule has 5 heteroatoms. The van der Waals surface area contributed by atoms with Crippen molar-refractivity contribution < 1.29 is 9.59 Å². The van der Waals surface area contributed by atoms with Crippen LogP contribution >= 0.6 is 0 Å². The second-order valence-corrected chi connectivity index (χ2v) is 6.70. The van der Waals surface area contributed by atoms with Gasteiger partial charge in [-0.2, -0.15) is 0 Å². The number of hydrogen-bond acceptors (Lipinski definition) is 3. The van der Waals surface area contributed by atoms with E-state index in [0.29, 0.717) is 26.2 Å². The van der Waals surface area contributed by atoms with Gasteiger partial charge in [0.25, 0.3) is 0 Å². The number of carbonyl (C=O) groups excluding carboxylic acids is 2. The fraction of sp³-hybridized carbons (Fsp3) is 0.600. The Morgan fingerprint density at radius 1 is 0.960 bits per heavy atom. The Labute approximate surface area is 151 Å². The molecule has 0 aromatic heterocycles. The smallest absolute Gasteiger partial charge is 0.312 e. The van der Waals surface area contributed by atoms with Gasteiger partial charge in [-0.25, -0.2) is 0 Å². The highest BCUT2D eigenvalue weighted by Crippen LogP contribution is 2.10. The average molecular weight is 345 g/mol. The lowest BCUT2D eigenvalue weighted by Gasteiger charge is -2.35. The van der Waals surface area contributed by atoms with Crippen molar-refractivity contribution in [1.29, 1.82) is 0 Å². The molecule has 1 saturated heterocycles. The predicted molar refractivity (Wildman–Crippen MR) is 100 cm³/mol. The van der Waals surface area contributed by atoms with Gasteiger partial charge in [-0.3, -0.25) is 14.5 Å². The highest BCUT2D eigenvalue weighted by Gasteiger charge is 2.29. The summed E-state index contributed by atoms with van der Waals surface area (Å²) < 4.78 is 0. The van der Waals surface area contributed by atoms with Crippen LogP contribution in [0.5, 0.6) is 0 Å². The van der Waals surface area contributed by atoms with E-state index in [-0.39, 0.29) is 11.8 Å². The van der Waals surface area contributed by atoms with Gasteiger partial charge < -0.3 is 9.80 Å². The zero-order chi connectivity index (χ0) is 18.1. The molecule has 5 nitrogen and oxygen atoms in total. The number of amides is 2. The number of nitrogens with zero attached hydrogens (tertiary/aromatic N) is 3. The Morgan fingerprint density at radius 3 is 2.24 bits per heavy atom. The van der Waals surface area contributed by atoms with Crippen molar-refractivity contribution in [3.05, 3.63) is 35.9 Å². The van der Waals surface area contributed by atoms with E-state index in [0.717, 1.165) is 38.9 Å². The van der Waals surface area contributed by atoms with Gasteiger partial charge in [-0.15, -0.1) is 0 Å².